The Hall–Kier alpha value is -2.01. The molecule has 1 heterocycles. The van der Waals surface area contributed by atoms with Crippen LogP contribution in [-0.2, 0) is 6.42 Å². The number of H-pyrrole nitrogens is 1. The molecule has 0 saturated heterocycles. The van der Waals surface area contributed by atoms with Gasteiger partial charge in [-0.2, -0.15) is 5.10 Å². The third-order valence-electron chi connectivity index (χ3n) is 2.65. The van der Waals surface area contributed by atoms with Crippen molar-refractivity contribution in [2.75, 3.05) is 11.1 Å². The third-order valence-corrected chi connectivity index (χ3v) is 2.99. The summed E-state index contributed by atoms with van der Waals surface area (Å²) in [6.07, 6.45) is 1.92. The summed E-state index contributed by atoms with van der Waals surface area (Å²) in [6.45, 7) is 2.08. The van der Waals surface area contributed by atoms with Crippen molar-refractivity contribution in [1.82, 2.24) is 10.2 Å². The molecule has 1 aromatic heterocycles. The number of nitrogens with zero attached hydrogens (tertiary/aromatic N) is 1. The average molecular weight is 279 g/mol. The van der Waals surface area contributed by atoms with Crippen LogP contribution in [0.15, 0.2) is 24.3 Å². The lowest BCUT2D eigenvalue weighted by atomic mass is 10.2. The van der Waals surface area contributed by atoms with Crippen LogP contribution in [0.2, 0.25) is 5.02 Å². The van der Waals surface area contributed by atoms with Gasteiger partial charge in [0.05, 0.1) is 10.7 Å². The summed E-state index contributed by atoms with van der Waals surface area (Å²) < 4.78 is 0. The summed E-state index contributed by atoms with van der Waals surface area (Å²) in [7, 11) is 0. The zero-order valence-corrected chi connectivity index (χ0v) is 11.3. The molecule has 0 saturated carbocycles. The van der Waals surface area contributed by atoms with Gasteiger partial charge < -0.3 is 11.1 Å². The van der Waals surface area contributed by atoms with Gasteiger partial charge in [-0.3, -0.25) is 9.89 Å². The van der Waals surface area contributed by atoms with E-state index in [0.29, 0.717) is 22.1 Å². The first-order chi connectivity index (χ1) is 9.10. The second-order valence-electron chi connectivity index (χ2n) is 4.22. The minimum Gasteiger partial charge on any atom is -0.398 e. The summed E-state index contributed by atoms with van der Waals surface area (Å²) in [5, 5.41) is 10.0. The highest BCUT2D eigenvalue weighted by Crippen LogP contribution is 2.20. The van der Waals surface area contributed by atoms with Gasteiger partial charge in [0.2, 0.25) is 0 Å². The molecule has 0 unspecified atom stereocenters. The molecule has 100 valence electrons. The molecular formula is C13H15ClN4O. The topological polar surface area (TPSA) is 83.8 Å². The number of benzene rings is 1. The number of aromatic nitrogens is 2. The first-order valence-corrected chi connectivity index (χ1v) is 6.38. The van der Waals surface area contributed by atoms with Crippen molar-refractivity contribution < 1.29 is 4.79 Å². The lowest BCUT2D eigenvalue weighted by Crippen LogP contribution is -2.12. The number of aryl methyl sites for hydroxylation is 1. The Labute approximate surface area is 116 Å². The van der Waals surface area contributed by atoms with Crippen LogP contribution in [0.4, 0.5) is 11.5 Å². The normalized spacial score (nSPS) is 10.4. The Kier molecular flexibility index (Phi) is 4.06. The lowest BCUT2D eigenvalue weighted by Gasteiger charge is -2.03. The number of nitrogens with one attached hydrogen (secondary N) is 2. The lowest BCUT2D eigenvalue weighted by molar-refractivity contribution is 0.102. The summed E-state index contributed by atoms with van der Waals surface area (Å²) in [4.78, 5) is 12.0. The number of rotatable bonds is 4. The van der Waals surface area contributed by atoms with Crippen molar-refractivity contribution in [1.29, 1.82) is 0 Å². The van der Waals surface area contributed by atoms with E-state index >= 15 is 0 Å². The van der Waals surface area contributed by atoms with Crippen molar-refractivity contribution >= 4 is 29.0 Å². The number of halogens is 1. The van der Waals surface area contributed by atoms with E-state index in [9.17, 15) is 4.79 Å². The number of amides is 1. The van der Waals surface area contributed by atoms with Gasteiger partial charge in [-0.25, -0.2) is 0 Å². The molecule has 19 heavy (non-hydrogen) atoms. The second-order valence-corrected chi connectivity index (χ2v) is 4.63. The molecule has 2 aromatic rings. The Balaban J connectivity index is 2.09. The first kappa shape index (κ1) is 13.4. The van der Waals surface area contributed by atoms with Gasteiger partial charge in [-0.15, -0.1) is 0 Å². The number of carbonyl (C=O) groups is 1. The molecule has 4 N–H and O–H groups in total. The largest absolute Gasteiger partial charge is 0.398 e. The van der Waals surface area contributed by atoms with Gasteiger partial charge in [0.1, 0.15) is 0 Å². The number of carbonyl (C=O) groups excluding carboxylic acids is 1. The number of anilines is 2. The van der Waals surface area contributed by atoms with Gasteiger partial charge in [0.25, 0.3) is 5.91 Å². The van der Waals surface area contributed by atoms with Crippen LogP contribution < -0.4 is 11.1 Å². The maximum Gasteiger partial charge on any atom is 0.256 e. The maximum atomic E-state index is 12.0. The van der Waals surface area contributed by atoms with Crippen molar-refractivity contribution in [3.8, 4) is 0 Å². The van der Waals surface area contributed by atoms with E-state index in [1.807, 2.05) is 6.07 Å². The summed E-state index contributed by atoms with van der Waals surface area (Å²) in [6, 6.07) is 6.57. The van der Waals surface area contributed by atoms with Crippen molar-refractivity contribution in [3.05, 3.63) is 40.5 Å². The minimum absolute atomic E-state index is 0.266. The Bertz CT molecular complexity index is 594. The Morgan fingerprint density at radius 2 is 2.26 bits per heavy atom. The van der Waals surface area contributed by atoms with E-state index in [1.54, 1.807) is 12.1 Å². The minimum atomic E-state index is -0.266. The molecule has 0 bridgehead atoms. The smallest absolute Gasteiger partial charge is 0.256 e. The van der Waals surface area contributed by atoms with Crippen LogP contribution in [0.5, 0.6) is 0 Å². The number of aromatic amines is 1. The highest BCUT2D eigenvalue weighted by molar-refractivity contribution is 6.33. The zero-order valence-electron chi connectivity index (χ0n) is 10.5. The molecule has 0 aliphatic carbocycles. The highest BCUT2D eigenvalue weighted by atomic mass is 35.5. The highest BCUT2D eigenvalue weighted by Gasteiger charge is 2.09. The molecule has 0 spiro atoms. The molecule has 0 atom stereocenters. The number of nitrogens with two attached hydrogens (primary N) is 1. The van der Waals surface area contributed by atoms with Gasteiger partial charge in [0.15, 0.2) is 5.82 Å². The van der Waals surface area contributed by atoms with Crippen LogP contribution in [0.3, 0.4) is 0 Å². The van der Waals surface area contributed by atoms with Crippen LogP contribution in [0.25, 0.3) is 0 Å². The molecule has 6 heteroatoms. The van der Waals surface area contributed by atoms with Gasteiger partial charge in [-0.1, -0.05) is 24.9 Å². The quantitative estimate of drug-likeness (QED) is 0.752. The van der Waals surface area contributed by atoms with Crippen molar-refractivity contribution in [3.63, 3.8) is 0 Å². The van der Waals surface area contributed by atoms with Crippen LogP contribution >= 0.6 is 11.6 Å². The van der Waals surface area contributed by atoms with E-state index in [0.717, 1.165) is 18.5 Å². The fourth-order valence-electron chi connectivity index (χ4n) is 1.70. The van der Waals surface area contributed by atoms with Crippen molar-refractivity contribution in [2.24, 2.45) is 0 Å². The van der Waals surface area contributed by atoms with E-state index in [-0.39, 0.29) is 5.91 Å². The predicted molar refractivity (Wildman–Crippen MR) is 76.4 cm³/mol. The Morgan fingerprint density at radius 3 is 2.95 bits per heavy atom. The molecule has 1 aromatic carbocycles. The first-order valence-electron chi connectivity index (χ1n) is 6.01. The van der Waals surface area contributed by atoms with Crippen LogP contribution in [-0.4, -0.2) is 16.1 Å². The predicted octanol–water partition coefficient (Wildman–Crippen LogP) is 2.85. The molecule has 2 rings (SSSR count). The van der Waals surface area contributed by atoms with E-state index in [1.165, 1.54) is 6.07 Å². The van der Waals surface area contributed by atoms with E-state index in [2.05, 4.69) is 22.4 Å². The zero-order chi connectivity index (χ0) is 13.8. The molecule has 0 aliphatic rings. The molecule has 0 fully saturated rings. The summed E-state index contributed by atoms with van der Waals surface area (Å²) in [5.74, 6) is 0.236. The molecule has 0 aliphatic heterocycles. The average Bonchev–Trinajstić information content (AvgIpc) is 2.80. The number of hydrogen-bond acceptors (Lipinski definition) is 3. The number of nitrogen functional groups attached to an aromatic ring is 1. The summed E-state index contributed by atoms with van der Waals surface area (Å²) >= 11 is 5.81. The fraction of sp³-hybridized carbons (Fsp3) is 0.231. The van der Waals surface area contributed by atoms with Crippen molar-refractivity contribution in [2.45, 2.75) is 19.8 Å². The van der Waals surface area contributed by atoms with Gasteiger partial charge >= 0.3 is 0 Å². The molecular weight excluding hydrogens is 264 g/mol. The second kappa shape index (κ2) is 5.75. The number of hydrogen-bond donors (Lipinski definition) is 3. The van der Waals surface area contributed by atoms with E-state index < -0.39 is 0 Å². The SMILES string of the molecule is CCCc1cc(NC(=O)c2ccc(Cl)c(N)c2)n[nH]1. The Morgan fingerprint density at radius 1 is 1.47 bits per heavy atom. The fourth-order valence-corrected chi connectivity index (χ4v) is 1.81. The molecule has 1 amide bonds. The van der Waals surface area contributed by atoms with E-state index in [4.69, 9.17) is 17.3 Å². The van der Waals surface area contributed by atoms with Gasteiger partial charge in [-0.05, 0) is 24.6 Å². The van der Waals surface area contributed by atoms with Crippen LogP contribution in [0, 0.1) is 0 Å². The van der Waals surface area contributed by atoms with Crippen LogP contribution in [0.1, 0.15) is 29.4 Å². The standard InChI is InChI=1S/C13H15ClN4O/c1-2-3-9-7-12(18-17-9)16-13(19)8-4-5-10(14)11(15)6-8/h4-7H,2-3,15H2,1H3,(H2,16,17,18,19). The summed E-state index contributed by atoms with van der Waals surface area (Å²) in [5.41, 5.74) is 7.48. The molecule has 5 nitrogen and oxygen atoms in total. The van der Waals surface area contributed by atoms with Gasteiger partial charge in [0, 0.05) is 17.3 Å². The third kappa shape index (κ3) is 3.26. The monoisotopic (exact) mass is 278 g/mol. The molecule has 0 radical (unpaired) electrons. The maximum absolute atomic E-state index is 12.0.